The van der Waals surface area contributed by atoms with E-state index < -0.39 is 0 Å². The second-order valence-corrected chi connectivity index (χ2v) is 4.62. The molecule has 2 heterocycles. The van der Waals surface area contributed by atoms with Crippen molar-refractivity contribution in [1.82, 2.24) is 19.9 Å². The van der Waals surface area contributed by atoms with Crippen molar-refractivity contribution < 1.29 is 0 Å². The molecule has 0 radical (unpaired) electrons. The molecule has 0 aliphatic carbocycles. The van der Waals surface area contributed by atoms with E-state index in [-0.39, 0.29) is 6.04 Å². The van der Waals surface area contributed by atoms with Crippen LogP contribution < -0.4 is 5.32 Å². The van der Waals surface area contributed by atoms with Gasteiger partial charge in [-0.15, -0.1) is 5.10 Å². The minimum absolute atomic E-state index is 0.0982. The zero-order chi connectivity index (χ0) is 12.1. The van der Waals surface area contributed by atoms with Gasteiger partial charge in [0, 0.05) is 17.8 Å². The molecule has 0 fully saturated rings. The molecule has 2 aromatic heterocycles. The molecule has 2 aromatic rings. The number of aryl methyl sites for hydroxylation is 1. The number of nitrogens with one attached hydrogen (secondary N) is 1. The fourth-order valence-electron chi connectivity index (χ4n) is 1.72. The molecule has 0 saturated heterocycles. The van der Waals surface area contributed by atoms with E-state index in [1.165, 1.54) is 11.5 Å². The standard InChI is InChI=1S/C12H16N4S/c1-3-4-14-12(11-8-17-16-15-11)10-5-9(2)6-13-7-10/h5-8,12,14H,3-4H2,1-2H3. The quantitative estimate of drug-likeness (QED) is 0.882. The fourth-order valence-corrected chi connectivity index (χ4v) is 2.20. The van der Waals surface area contributed by atoms with E-state index in [0.29, 0.717) is 0 Å². The lowest BCUT2D eigenvalue weighted by atomic mass is 10.1. The Kier molecular flexibility index (Phi) is 4.17. The first-order valence-corrected chi connectivity index (χ1v) is 6.56. The highest BCUT2D eigenvalue weighted by atomic mass is 32.1. The lowest BCUT2D eigenvalue weighted by molar-refractivity contribution is 0.583. The minimum Gasteiger partial charge on any atom is -0.305 e. The molecule has 0 aliphatic heterocycles. The van der Waals surface area contributed by atoms with Crippen LogP contribution >= 0.6 is 11.5 Å². The summed E-state index contributed by atoms with van der Waals surface area (Å²) < 4.78 is 3.93. The van der Waals surface area contributed by atoms with E-state index in [4.69, 9.17) is 0 Å². The lowest BCUT2D eigenvalue weighted by Gasteiger charge is -2.16. The first kappa shape index (κ1) is 12.1. The van der Waals surface area contributed by atoms with Gasteiger partial charge in [-0.1, -0.05) is 17.5 Å². The van der Waals surface area contributed by atoms with Gasteiger partial charge in [0.05, 0.1) is 11.7 Å². The van der Waals surface area contributed by atoms with Crippen LogP contribution in [-0.2, 0) is 0 Å². The molecule has 90 valence electrons. The molecule has 0 aromatic carbocycles. The SMILES string of the molecule is CCCNC(c1cncc(C)c1)c1csnn1. The number of nitrogens with zero attached hydrogens (tertiary/aromatic N) is 3. The second kappa shape index (κ2) is 5.84. The van der Waals surface area contributed by atoms with Gasteiger partial charge >= 0.3 is 0 Å². The fraction of sp³-hybridized carbons (Fsp3) is 0.417. The maximum Gasteiger partial charge on any atom is 0.0970 e. The van der Waals surface area contributed by atoms with Crippen LogP contribution in [0.2, 0.25) is 0 Å². The van der Waals surface area contributed by atoms with E-state index in [2.05, 4.69) is 32.9 Å². The zero-order valence-electron chi connectivity index (χ0n) is 10.1. The van der Waals surface area contributed by atoms with Crippen LogP contribution in [0.5, 0.6) is 0 Å². The normalized spacial score (nSPS) is 12.6. The van der Waals surface area contributed by atoms with E-state index in [1.807, 2.05) is 24.7 Å². The third-order valence-corrected chi connectivity index (χ3v) is 3.02. The lowest BCUT2D eigenvalue weighted by Crippen LogP contribution is -2.23. The Morgan fingerprint density at radius 2 is 2.29 bits per heavy atom. The van der Waals surface area contributed by atoms with Gasteiger partial charge in [-0.3, -0.25) is 4.98 Å². The molecule has 0 amide bonds. The molecule has 0 spiro atoms. The predicted octanol–water partition coefficient (Wildman–Crippen LogP) is 2.33. The number of hydrogen-bond donors (Lipinski definition) is 1. The van der Waals surface area contributed by atoms with E-state index in [1.54, 1.807) is 0 Å². The Balaban J connectivity index is 2.27. The topological polar surface area (TPSA) is 50.7 Å². The van der Waals surface area contributed by atoms with Crippen molar-refractivity contribution in [3.8, 4) is 0 Å². The van der Waals surface area contributed by atoms with Gasteiger partial charge in [-0.25, -0.2) is 0 Å². The summed E-state index contributed by atoms with van der Waals surface area (Å²) in [5, 5.41) is 9.62. The van der Waals surface area contributed by atoms with Gasteiger partial charge < -0.3 is 5.32 Å². The van der Waals surface area contributed by atoms with Crippen LogP contribution in [0.25, 0.3) is 0 Å². The third kappa shape index (κ3) is 3.08. The number of rotatable bonds is 5. The monoisotopic (exact) mass is 248 g/mol. The van der Waals surface area contributed by atoms with E-state index in [0.717, 1.165) is 29.8 Å². The van der Waals surface area contributed by atoms with Crippen molar-refractivity contribution in [3.63, 3.8) is 0 Å². The van der Waals surface area contributed by atoms with Crippen LogP contribution in [0.15, 0.2) is 23.8 Å². The number of pyridine rings is 1. The van der Waals surface area contributed by atoms with E-state index >= 15 is 0 Å². The maximum atomic E-state index is 4.24. The van der Waals surface area contributed by atoms with Crippen molar-refractivity contribution in [2.75, 3.05) is 6.54 Å². The maximum absolute atomic E-state index is 4.24. The number of aromatic nitrogens is 3. The van der Waals surface area contributed by atoms with Gasteiger partial charge in [0.1, 0.15) is 0 Å². The second-order valence-electron chi connectivity index (χ2n) is 4.01. The zero-order valence-corrected chi connectivity index (χ0v) is 10.9. The highest BCUT2D eigenvalue weighted by Gasteiger charge is 2.16. The largest absolute Gasteiger partial charge is 0.305 e. The molecule has 1 unspecified atom stereocenters. The summed E-state index contributed by atoms with van der Waals surface area (Å²) in [6.07, 6.45) is 4.84. The summed E-state index contributed by atoms with van der Waals surface area (Å²) in [6.45, 7) is 5.15. The molecular weight excluding hydrogens is 232 g/mol. The predicted molar refractivity (Wildman–Crippen MR) is 69.0 cm³/mol. The molecule has 1 atom stereocenters. The Bertz CT molecular complexity index is 455. The van der Waals surface area contributed by atoms with Crippen LogP contribution in [0.3, 0.4) is 0 Å². The molecule has 0 saturated carbocycles. The molecule has 0 aliphatic rings. The third-order valence-electron chi connectivity index (χ3n) is 2.50. The molecule has 5 heteroatoms. The van der Waals surface area contributed by atoms with Gasteiger partial charge in [-0.05, 0) is 42.5 Å². The van der Waals surface area contributed by atoms with Crippen molar-refractivity contribution >= 4 is 11.5 Å². The highest BCUT2D eigenvalue weighted by molar-refractivity contribution is 7.03. The van der Waals surface area contributed by atoms with Crippen LogP contribution in [-0.4, -0.2) is 21.1 Å². The molecule has 17 heavy (non-hydrogen) atoms. The Labute approximate surface area is 105 Å². The molecule has 2 rings (SSSR count). The van der Waals surface area contributed by atoms with Crippen molar-refractivity contribution in [3.05, 3.63) is 40.7 Å². The molecule has 1 N–H and O–H groups in total. The van der Waals surface area contributed by atoms with E-state index in [9.17, 15) is 0 Å². The summed E-state index contributed by atoms with van der Waals surface area (Å²) in [4.78, 5) is 4.24. The highest BCUT2D eigenvalue weighted by Crippen LogP contribution is 2.20. The summed E-state index contributed by atoms with van der Waals surface area (Å²) >= 11 is 1.38. The Hall–Kier alpha value is -1.33. The summed E-state index contributed by atoms with van der Waals surface area (Å²) in [5.41, 5.74) is 3.27. The summed E-state index contributed by atoms with van der Waals surface area (Å²) in [6, 6.07) is 2.24. The molecular formula is C12H16N4S. The van der Waals surface area contributed by atoms with Crippen molar-refractivity contribution in [1.29, 1.82) is 0 Å². The first-order chi connectivity index (χ1) is 8.31. The van der Waals surface area contributed by atoms with Crippen molar-refractivity contribution in [2.24, 2.45) is 0 Å². The average Bonchev–Trinajstić information content (AvgIpc) is 2.83. The smallest absolute Gasteiger partial charge is 0.0970 e. The summed E-state index contributed by atoms with van der Waals surface area (Å²) in [5.74, 6) is 0. The van der Waals surface area contributed by atoms with Gasteiger partial charge in [0.25, 0.3) is 0 Å². The number of hydrogen-bond acceptors (Lipinski definition) is 5. The molecule has 0 bridgehead atoms. The van der Waals surface area contributed by atoms with Gasteiger partial charge in [0.15, 0.2) is 0 Å². The Morgan fingerprint density at radius 1 is 1.41 bits per heavy atom. The van der Waals surface area contributed by atoms with Crippen LogP contribution in [0, 0.1) is 6.92 Å². The molecule has 4 nitrogen and oxygen atoms in total. The van der Waals surface area contributed by atoms with Gasteiger partial charge in [-0.2, -0.15) is 0 Å². The summed E-state index contributed by atoms with van der Waals surface area (Å²) in [7, 11) is 0. The Morgan fingerprint density at radius 3 is 2.94 bits per heavy atom. The van der Waals surface area contributed by atoms with Gasteiger partial charge in [0.2, 0.25) is 0 Å². The van der Waals surface area contributed by atoms with Crippen LogP contribution in [0.4, 0.5) is 0 Å². The average molecular weight is 248 g/mol. The van der Waals surface area contributed by atoms with Crippen molar-refractivity contribution in [2.45, 2.75) is 26.3 Å². The minimum atomic E-state index is 0.0982. The first-order valence-electron chi connectivity index (χ1n) is 5.73. The van der Waals surface area contributed by atoms with Crippen LogP contribution in [0.1, 0.15) is 36.2 Å².